The van der Waals surface area contributed by atoms with Gasteiger partial charge in [0, 0.05) is 19.2 Å². The predicted octanol–water partition coefficient (Wildman–Crippen LogP) is 1.67. The molecule has 0 bridgehead atoms. The van der Waals surface area contributed by atoms with E-state index in [4.69, 9.17) is 5.11 Å². The van der Waals surface area contributed by atoms with Crippen LogP contribution in [-0.4, -0.2) is 42.1 Å². The van der Waals surface area contributed by atoms with Crippen LogP contribution in [-0.2, 0) is 10.0 Å². The Hall–Kier alpha value is -0.950. The van der Waals surface area contributed by atoms with Crippen LogP contribution in [0.2, 0.25) is 0 Å². The monoisotopic (exact) mass is 313 g/mol. The molecule has 0 spiro atoms. The molecule has 0 aromatic heterocycles. The van der Waals surface area contributed by atoms with Gasteiger partial charge < -0.3 is 10.2 Å². The highest BCUT2D eigenvalue weighted by Crippen LogP contribution is 2.27. The summed E-state index contributed by atoms with van der Waals surface area (Å²) in [5, 5.41) is 18.6. The van der Waals surface area contributed by atoms with Gasteiger partial charge in [-0.15, -0.1) is 0 Å². The Morgan fingerprint density at radius 2 is 1.95 bits per heavy atom. The van der Waals surface area contributed by atoms with Crippen molar-refractivity contribution in [2.75, 3.05) is 13.2 Å². The van der Waals surface area contributed by atoms with Gasteiger partial charge in [-0.2, -0.15) is 4.31 Å². The zero-order valence-electron chi connectivity index (χ0n) is 12.3. The van der Waals surface area contributed by atoms with Crippen molar-refractivity contribution < 1.29 is 18.6 Å². The second-order valence-electron chi connectivity index (χ2n) is 5.52. The van der Waals surface area contributed by atoms with E-state index < -0.39 is 16.1 Å². The summed E-state index contributed by atoms with van der Waals surface area (Å²) < 4.78 is 27.0. The number of benzene rings is 1. The summed E-state index contributed by atoms with van der Waals surface area (Å²) in [6, 6.07) is 6.25. The van der Waals surface area contributed by atoms with Gasteiger partial charge in [-0.3, -0.25) is 0 Å². The fourth-order valence-corrected chi connectivity index (χ4v) is 4.51. The Balaban J connectivity index is 2.26. The van der Waals surface area contributed by atoms with Crippen LogP contribution in [0.15, 0.2) is 29.2 Å². The van der Waals surface area contributed by atoms with Gasteiger partial charge in [0.15, 0.2) is 0 Å². The molecule has 2 rings (SSSR count). The molecular weight excluding hydrogens is 290 g/mol. The van der Waals surface area contributed by atoms with Gasteiger partial charge in [0.05, 0.1) is 11.0 Å². The fourth-order valence-electron chi connectivity index (χ4n) is 2.78. The number of piperidine rings is 1. The Labute approximate surface area is 126 Å². The van der Waals surface area contributed by atoms with Crippen LogP contribution in [0.5, 0.6) is 0 Å². The minimum Gasteiger partial charge on any atom is -0.396 e. The first kappa shape index (κ1) is 16.4. The minimum atomic E-state index is -3.54. The van der Waals surface area contributed by atoms with Crippen LogP contribution in [0.4, 0.5) is 0 Å². The quantitative estimate of drug-likeness (QED) is 0.867. The van der Waals surface area contributed by atoms with Crippen molar-refractivity contribution in [1.82, 2.24) is 4.31 Å². The summed E-state index contributed by atoms with van der Waals surface area (Å²) in [5.41, 5.74) is 0.694. The normalized spacial score (nSPS) is 22.1. The first-order chi connectivity index (χ1) is 9.96. The molecule has 1 aliphatic rings. The third-order valence-electron chi connectivity index (χ3n) is 4.00. The molecule has 1 aromatic rings. The van der Waals surface area contributed by atoms with Gasteiger partial charge in [0.25, 0.3) is 0 Å². The molecule has 0 aliphatic carbocycles. The number of aliphatic hydroxyl groups is 2. The number of nitrogens with zero attached hydrogens (tertiary/aromatic N) is 1. The van der Waals surface area contributed by atoms with Gasteiger partial charge in [0.1, 0.15) is 0 Å². The molecule has 2 atom stereocenters. The van der Waals surface area contributed by atoms with Crippen LogP contribution in [0.3, 0.4) is 0 Å². The summed E-state index contributed by atoms with van der Waals surface area (Å²) >= 11 is 0. The Morgan fingerprint density at radius 3 is 2.52 bits per heavy atom. The summed E-state index contributed by atoms with van der Waals surface area (Å²) in [4.78, 5) is 0.247. The van der Waals surface area contributed by atoms with Crippen molar-refractivity contribution in [2.24, 2.45) is 0 Å². The average molecular weight is 313 g/mol. The van der Waals surface area contributed by atoms with E-state index in [0.29, 0.717) is 18.5 Å². The highest BCUT2D eigenvalue weighted by molar-refractivity contribution is 7.89. The molecule has 6 heteroatoms. The van der Waals surface area contributed by atoms with E-state index in [1.54, 1.807) is 31.2 Å². The summed E-state index contributed by atoms with van der Waals surface area (Å²) in [6.45, 7) is 2.15. The topological polar surface area (TPSA) is 77.8 Å². The predicted molar refractivity (Wildman–Crippen MR) is 80.3 cm³/mol. The SMILES string of the molecule is CC(O)c1ccc(S(=O)(=O)N2CCCCC2CCO)cc1. The van der Waals surface area contributed by atoms with Crippen molar-refractivity contribution in [3.05, 3.63) is 29.8 Å². The van der Waals surface area contributed by atoms with Crippen LogP contribution < -0.4 is 0 Å². The van der Waals surface area contributed by atoms with E-state index in [2.05, 4.69) is 0 Å². The molecule has 0 amide bonds. The van der Waals surface area contributed by atoms with Crippen LogP contribution in [0.1, 0.15) is 44.3 Å². The number of hydrogen-bond acceptors (Lipinski definition) is 4. The molecule has 1 aromatic carbocycles. The maximum Gasteiger partial charge on any atom is 0.243 e. The van der Waals surface area contributed by atoms with Crippen molar-refractivity contribution in [3.8, 4) is 0 Å². The molecule has 118 valence electrons. The molecule has 1 aliphatic heterocycles. The Kier molecular flexibility index (Phi) is 5.37. The lowest BCUT2D eigenvalue weighted by atomic mass is 10.0. The third-order valence-corrected chi connectivity index (χ3v) is 5.97. The van der Waals surface area contributed by atoms with Gasteiger partial charge in [0.2, 0.25) is 10.0 Å². The van der Waals surface area contributed by atoms with Crippen molar-refractivity contribution >= 4 is 10.0 Å². The van der Waals surface area contributed by atoms with Gasteiger partial charge >= 0.3 is 0 Å². The fraction of sp³-hybridized carbons (Fsp3) is 0.600. The van der Waals surface area contributed by atoms with E-state index in [-0.39, 0.29) is 17.5 Å². The highest BCUT2D eigenvalue weighted by atomic mass is 32.2. The molecule has 2 N–H and O–H groups in total. The van der Waals surface area contributed by atoms with Gasteiger partial charge in [-0.05, 0) is 43.9 Å². The minimum absolute atomic E-state index is 0.00233. The van der Waals surface area contributed by atoms with E-state index in [0.717, 1.165) is 19.3 Å². The molecule has 1 heterocycles. The van der Waals surface area contributed by atoms with Crippen LogP contribution in [0.25, 0.3) is 0 Å². The largest absolute Gasteiger partial charge is 0.396 e. The summed E-state index contributed by atoms with van der Waals surface area (Å²) in [6.07, 6.45) is 2.51. The first-order valence-electron chi connectivity index (χ1n) is 7.37. The molecule has 5 nitrogen and oxygen atoms in total. The maximum atomic E-state index is 12.7. The van der Waals surface area contributed by atoms with Gasteiger partial charge in [-0.1, -0.05) is 18.6 Å². The first-order valence-corrected chi connectivity index (χ1v) is 8.81. The second kappa shape index (κ2) is 6.87. The lowest BCUT2D eigenvalue weighted by Crippen LogP contribution is -2.44. The lowest BCUT2D eigenvalue weighted by Gasteiger charge is -2.34. The van der Waals surface area contributed by atoms with E-state index >= 15 is 0 Å². The summed E-state index contributed by atoms with van der Waals surface area (Å²) in [7, 11) is -3.54. The molecule has 2 unspecified atom stereocenters. The number of sulfonamides is 1. The Bertz CT molecular complexity index is 552. The number of aliphatic hydroxyl groups excluding tert-OH is 2. The molecule has 21 heavy (non-hydrogen) atoms. The van der Waals surface area contributed by atoms with Crippen molar-refractivity contribution in [3.63, 3.8) is 0 Å². The molecular formula is C15H23NO4S. The smallest absolute Gasteiger partial charge is 0.243 e. The van der Waals surface area contributed by atoms with E-state index in [1.165, 1.54) is 4.31 Å². The maximum absolute atomic E-state index is 12.7. The number of hydrogen-bond donors (Lipinski definition) is 2. The van der Waals surface area contributed by atoms with Crippen LogP contribution >= 0.6 is 0 Å². The number of rotatable bonds is 5. The Morgan fingerprint density at radius 1 is 1.29 bits per heavy atom. The highest BCUT2D eigenvalue weighted by Gasteiger charge is 2.32. The van der Waals surface area contributed by atoms with E-state index in [1.807, 2.05) is 0 Å². The average Bonchev–Trinajstić information content (AvgIpc) is 2.48. The van der Waals surface area contributed by atoms with Crippen molar-refractivity contribution in [2.45, 2.75) is 49.6 Å². The van der Waals surface area contributed by atoms with E-state index in [9.17, 15) is 13.5 Å². The summed E-state index contributed by atoms with van der Waals surface area (Å²) in [5.74, 6) is 0. The molecule has 0 radical (unpaired) electrons. The third kappa shape index (κ3) is 3.63. The molecule has 0 saturated carbocycles. The lowest BCUT2D eigenvalue weighted by molar-refractivity contribution is 0.192. The van der Waals surface area contributed by atoms with Crippen LogP contribution in [0, 0.1) is 0 Å². The molecule has 1 fully saturated rings. The zero-order valence-corrected chi connectivity index (χ0v) is 13.1. The zero-order chi connectivity index (χ0) is 15.5. The standard InChI is InChI=1S/C15H23NO4S/c1-12(18)13-5-7-15(8-6-13)21(19,20)16-10-3-2-4-14(16)9-11-17/h5-8,12,14,17-18H,2-4,9-11H2,1H3. The van der Waals surface area contributed by atoms with Gasteiger partial charge in [-0.25, -0.2) is 8.42 Å². The second-order valence-corrected chi connectivity index (χ2v) is 7.41. The molecule has 1 saturated heterocycles. The van der Waals surface area contributed by atoms with Crippen molar-refractivity contribution in [1.29, 1.82) is 0 Å².